The van der Waals surface area contributed by atoms with Crippen LogP contribution in [-0.4, -0.2) is 43.0 Å². The van der Waals surface area contributed by atoms with Gasteiger partial charge in [0.05, 0.1) is 18.8 Å². The lowest BCUT2D eigenvalue weighted by Crippen LogP contribution is -2.29. The van der Waals surface area contributed by atoms with Gasteiger partial charge in [-0.1, -0.05) is 45.6 Å². The number of hydrogen-bond donors (Lipinski definition) is 0. The Labute approximate surface area is 229 Å². The van der Waals surface area contributed by atoms with Gasteiger partial charge in [-0.2, -0.15) is 0 Å². The molecule has 0 amide bonds. The molecule has 0 unspecified atom stereocenters. The monoisotopic (exact) mass is 558 g/mol. The lowest BCUT2D eigenvalue weighted by atomic mass is 9.84. The summed E-state index contributed by atoms with van der Waals surface area (Å²) in [4.78, 5) is 26.1. The summed E-state index contributed by atoms with van der Waals surface area (Å²) in [6.07, 6.45) is 5.68. The number of ether oxygens (including phenoxy) is 4. The maximum Gasteiger partial charge on any atom is 0.334 e. The predicted octanol–water partition coefficient (Wildman–Crippen LogP) is 6.66. The third-order valence-electron chi connectivity index (χ3n) is 7.25. The molecular weight excluding hydrogens is 529 g/mol. The van der Waals surface area contributed by atoms with E-state index in [2.05, 4.69) is 6.58 Å². The van der Waals surface area contributed by atoms with E-state index in [1.54, 1.807) is 20.7 Å². The van der Waals surface area contributed by atoms with Crippen LogP contribution in [0.2, 0.25) is 0 Å². The summed E-state index contributed by atoms with van der Waals surface area (Å²) < 4.78 is 23.8. The molecule has 6 nitrogen and oxygen atoms in total. The van der Waals surface area contributed by atoms with Gasteiger partial charge in [-0.25, -0.2) is 9.59 Å². The first-order chi connectivity index (χ1) is 17.8. The lowest BCUT2D eigenvalue weighted by molar-refractivity contribution is -0.141. The molecule has 5 rings (SSSR count). The zero-order valence-electron chi connectivity index (χ0n) is 20.7. The molecule has 2 aromatic rings. The molecule has 2 aliphatic heterocycles. The number of hydrogen-bond acceptors (Lipinski definition) is 9. The van der Waals surface area contributed by atoms with Gasteiger partial charge in [0.15, 0.2) is 0 Å². The number of carbonyl (C=O) groups is 2. The van der Waals surface area contributed by atoms with E-state index in [1.165, 1.54) is 4.88 Å². The zero-order chi connectivity index (χ0) is 26.0. The van der Waals surface area contributed by atoms with Crippen molar-refractivity contribution < 1.29 is 28.5 Å². The highest BCUT2D eigenvalue weighted by Crippen LogP contribution is 2.49. The summed E-state index contributed by atoms with van der Waals surface area (Å²) in [5.41, 5.74) is 1.94. The van der Waals surface area contributed by atoms with Crippen LogP contribution in [0.15, 0.2) is 54.1 Å². The number of benzene rings is 1. The van der Waals surface area contributed by atoms with Crippen molar-refractivity contribution in [2.45, 2.75) is 63.3 Å². The number of rotatable bonds is 8. The largest absolute Gasteiger partial charge is 0.494 e. The molecule has 3 aliphatic rings. The molecule has 1 aliphatic carbocycles. The molecule has 4 atom stereocenters. The fraction of sp³-hybridized carbons (Fsp3) is 0.464. The van der Waals surface area contributed by atoms with Crippen molar-refractivity contribution in [2.75, 3.05) is 13.2 Å². The van der Waals surface area contributed by atoms with E-state index in [4.69, 9.17) is 31.2 Å². The first-order valence-electron chi connectivity index (χ1n) is 12.6. The van der Waals surface area contributed by atoms with Crippen LogP contribution < -0.4 is 4.74 Å². The minimum Gasteiger partial charge on any atom is -0.494 e. The highest BCUT2D eigenvalue weighted by molar-refractivity contribution is 7.80. The van der Waals surface area contributed by atoms with Crippen molar-refractivity contribution >= 4 is 44.8 Å². The number of unbranched alkanes of at least 4 members (excludes halogenated alkanes) is 1. The van der Waals surface area contributed by atoms with Crippen LogP contribution in [0.5, 0.6) is 5.75 Å². The Morgan fingerprint density at radius 1 is 1.22 bits per heavy atom. The third kappa shape index (κ3) is 6.06. The average Bonchev–Trinajstić information content (AvgIpc) is 3.20. The molecular formula is C28H30O6S3. The highest BCUT2D eigenvalue weighted by Gasteiger charge is 2.61. The molecule has 0 spiro atoms. The van der Waals surface area contributed by atoms with Crippen molar-refractivity contribution in [1.82, 2.24) is 0 Å². The van der Waals surface area contributed by atoms with Crippen LogP contribution in [0, 0.1) is 9.74 Å². The van der Waals surface area contributed by atoms with Crippen LogP contribution in [0.1, 0.15) is 45.4 Å². The summed E-state index contributed by atoms with van der Waals surface area (Å²) in [7, 11) is 3.29. The first-order valence-corrected chi connectivity index (χ1v) is 15.2. The van der Waals surface area contributed by atoms with Crippen LogP contribution in [0.4, 0.5) is 0 Å². The van der Waals surface area contributed by atoms with Crippen molar-refractivity contribution in [1.29, 1.82) is 0 Å². The van der Waals surface area contributed by atoms with E-state index >= 15 is 0 Å². The Kier molecular flexibility index (Phi) is 7.95. The van der Waals surface area contributed by atoms with Gasteiger partial charge in [0, 0.05) is 21.9 Å². The Bertz CT molecular complexity index is 1260. The van der Waals surface area contributed by atoms with E-state index in [1.807, 2.05) is 43.3 Å². The summed E-state index contributed by atoms with van der Waals surface area (Å²) in [6, 6.07) is 10.0. The quantitative estimate of drug-likeness (QED) is 0.0895. The second kappa shape index (κ2) is 11.2. The van der Waals surface area contributed by atoms with E-state index in [-0.39, 0.29) is 35.7 Å². The Morgan fingerprint density at radius 2 is 2.00 bits per heavy atom. The Morgan fingerprint density at radius 3 is 2.76 bits per heavy atom. The fourth-order valence-electron chi connectivity index (χ4n) is 4.99. The summed E-state index contributed by atoms with van der Waals surface area (Å²) in [6.45, 7) is 6.86. The van der Waals surface area contributed by atoms with Crippen LogP contribution in [-0.2, 0) is 23.8 Å². The van der Waals surface area contributed by atoms with E-state index in [0.717, 1.165) is 34.4 Å². The van der Waals surface area contributed by atoms with Gasteiger partial charge < -0.3 is 18.9 Å². The van der Waals surface area contributed by atoms with Crippen molar-refractivity contribution in [3.05, 3.63) is 58.0 Å². The van der Waals surface area contributed by atoms with E-state index in [9.17, 15) is 9.59 Å². The van der Waals surface area contributed by atoms with Gasteiger partial charge in [-0.3, -0.25) is 0 Å². The molecule has 196 valence electrons. The minimum absolute atomic E-state index is 0.0932. The van der Waals surface area contributed by atoms with Crippen LogP contribution in [0.25, 0.3) is 10.4 Å². The molecule has 0 radical (unpaired) electrons. The maximum absolute atomic E-state index is 12.8. The van der Waals surface area contributed by atoms with Crippen molar-refractivity contribution in [2.24, 2.45) is 5.92 Å². The summed E-state index contributed by atoms with van der Waals surface area (Å²) in [5.74, 6) is 0.0351. The second-order valence-corrected chi connectivity index (χ2v) is 12.8. The van der Waals surface area contributed by atoms with Crippen LogP contribution >= 0.6 is 32.9 Å². The Hall–Kier alpha value is -2.33. The number of epoxide rings is 1. The highest BCUT2D eigenvalue weighted by atomic mass is 32.9. The minimum atomic E-state index is -0.354. The Balaban J connectivity index is 1.05. The lowest BCUT2D eigenvalue weighted by Gasteiger charge is -2.19. The first kappa shape index (κ1) is 26.3. The summed E-state index contributed by atoms with van der Waals surface area (Å²) in [5, 5.41) is 0. The van der Waals surface area contributed by atoms with E-state index < -0.39 is 0 Å². The molecule has 2 saturated heterocycles. The zero-order valence-corrected chi connectivity index (χ0v) is 23.2. The average molecular weight is 559 g/mol. The van der Waals surface area contributed by atoms with Crippen molar-refractivity contribution in [3.63, 3.8) is 0 Å². The fourth-order valence-corrected chi connectivity index (χ4v) is 7.39. The van der Waals surface area contributed by atoms with Gasteiger partial charge in [0.2, 0.25) is 0 Å². The SMILES string of the molecule is C=C1C(=O)O[C@H]2[C@H]1CC/C(C(=O)OCCCCOc1ccc(-c3cc(=S)ss3)cc1)=C\CC[C@@]1(C)O[C@@H]21. The third-order valence-corrected chi connectivity index (χ3v) is 10.2. The molecule has 0 saturated carbocycles. The standard InChI is InChI=1S/C28H30O6S3/c1-17-21-12-9-19(6-5-13-28(2)25(34-28)24(21)33-26(17)29)27(30)32-15-4-3-14-31-20-10-7-18(8-11-20)22-16-23(35)37-36-22/h6-8,10-11,16,21,24-25H,1,3-5,9,12-15H2,2H3/b19-6+/t21-,24-,25-,28+/m0/s1. The molecule has 2 fully saturated rings. The number of carbonyl (C=O) groups excluding carboxylic acids is 2. The van der Waals surface area contributed by atoms with Crippen molar-refractivity contribution in [3.8, 4) is 16.2 Å². The van der Waals surface area contributed by atoms with Gasteiger partial charge >= 0.3 is 11.9 Å². The van der Waals surface area contributed by atoms with Gasteiger partial charge in [-0.15, -0.1) is 0 Å². The number of fused-ring (bicyclic) bond motifs is 3. The molecule has 9 heteroatoms. The molecule has 1 aromatic carbocycles. The maximum atomic E-state index is 12.8. The second-order valence-electron chi connectivity index (χ2n) is 9.87. The summed E-state index contributed by atoms with van der Waals surface area (Å²) >= 11 is 5.21. The van der Waals surface area contributed by atoms with Crippen LogP contribution in [0.3, 0.4) is 0 Å². The smallest absolute Gasteiger partial charge is 0.334 e. The van der Waals surface area contributed by atoms with Gasteiger partial charge in [0.25, 0.3) is 0 Å². The van der Waals surface area contributed by atoms with Gasteiger partial charge in [0.1, 0.15) is 21.8 Å². The van der Waals surface area contributed by atoms with E-state index in [0.29, 0.717) is 43.6 Å². The number of esters is 2. The predicted molar refractivity (Wildman–Crippen MR) is 146 cm³/mol. The molecule has 1 aromatic heterocycles. The molecule has 0 N–H and O–H groups in total. The molecule has 0 bridgehead atoms. The molecule has 3 heterocycles. The van der Waals surface area contributed by atoms with Gasteiger partial charge in [-0.05, 0) is 81.3 Å². The molecule has 37 heavy (non-hydrogen) atoms. The number of allylic oxidation sites excluding steroid dienone is 1. The normalized spacial score (nSPS) is 28.4. The topological polar surface area (TPSA) is 74.4 Å².